The minimum absolute atomic E-state index is 0.280. The van der Waals surface area contributed by atoms with Gasteiger partial charge in [0.15, 0.2) is 12.2 Å². The first-order valence-corrected chi connectivity index (χ1v) is 6.47. The van der Waals surface area contributed by atoms with Gasteiger partial charge in [0, 0.05) is 26.9 Å². The highest BCUT2D eigenvalue weighted by molar-refractivity contribution is 5.69. The van der Waals surface area contributed by atoms with Gasteiger partial charge < -0.3 is 10.6 Å². The molecule has 22 heavy (non-hydrogen) atoms. The highest BCUT2D eigenvalue weighted by Gasteiger charge is 2.01. The van der Waals surface area contributed by atoms with Crippen molar-refractivity contribution in [2.45, 2.75) is 26.7 Å². The van der Waals surface area contributed by atoms with Gasteiger partial charge in [0.05, 0.1) is 12.8 Å². The average Bonchev–Trinajstić information content (AvgIpc) is 2.52. The summed E-state index contributed by atoms with van der Waals surface area (Å²) in [7, 11) is 3.50. The number of rotatable bonds is 8. The van der Waals surface area contributed by atoms with E-state index in [2.05, 4.69) is 54.2 Å². The van der Waals surface area contributed by atoms with Gasteiger partial charge in [-0.1, -0.05) is 11.8 Å². The molecule has 124 valence electrons. The molecular formula is C14H22N2O6. The molecule has 0 aliphatic rings. The van der Waals surface area contributed by atoms with Crippen LogP contribution in [0.15, 0.2) is 0 Å². The second kappa shape index (κ2) is 18.6. The van der Waals surface area contributed by atoms with E-state index >= 15 is 0 Å². The van der Waals surface area contributed by atoms with E-state index in [1.54, 1.807) is 27.9 Å². The Hall–Kier alpha value is -2.42. The van der Waals surface area contributed by atoms with Crippen molar-refractivity contribution in [1.82, 2.24) is 10.6 Å². The first-order valence-electron chi connectivity index (χ1n) is 6.47. The van der Waals surface area contributed by atoms with Crippen molar-refractivity contribution >= 4 is 11.9 Å². The van der Waals surface area contributed by atoms with E-state index in [0.717, 1.165) is 0 Å². The van der Waals surface area contributed by atoms with E-state index in [0.29, 0.717) is 13.1 Å². The topological polar surface area (TPSA) is 95.1 Å². The van der Waals surface area contributed by atoms with Crippen LogP contribution in [-0.4, -0.2) is 39.1 Å². The molecule has 0 aromatic heterocycles. The molecule has 0 heterocycles. The molecule has 0 spiro atoms. The predicted molar refractivity (Wildman–Crippen MR) is 78.3 cm³/mol. The fraction of sp³-hybridized carbons (Fsp3) is 0.571. The standard InChI is InChI=1S/2C7H11NO3/c2*1-3-6-10-11-7(9)4-5-8-2/h2*8H,4-5H2,1-2H3. The van der Waals surface area contributed by atoms with Crippen LogP contribution in [0.3, 0.4) is 0 Å². The Labute approximate surface area is 130 Å². The lowest BCUT2D eigenvalue weighted by molar-refractivity contribution is -0.230. The lowest BCUT2D eigenvalue weighted by atomic mass is 10.4. The molecule has 0 aromatic carbocycles. The molecule has 0 aromatic rings. The Balaban J connectivity index is 0. The van der Waals surface area contributed by atoms with Crippen molar-refractivity contribution in [1.29, 1.82) is 0 Å². The summed E-state index contributed by atoms with van der Waals surface area (Å²) in [4.78, 5) is 38.1. The maximum atomic E-state index is 10.6. The van der Waals surface area contributed by atoms with Crippen LogP contribution in [0.2, 0.25) is 0 Å². The van der Waals surface area contributed by atoms with Crippen molar-refractivity contribution in [2.24, 2.45) is 0 Å². The number of nitrogens with one attached hydrogen (secondary N) is 2. The summed E-state index contributed by atoms with van der Waals surface area (Å²) in [6.45, 7) is 4.31. The van der Waals surface area contributed by atoms with Crippen molar-refractivity contribution in [3.63, 3.8) is 0 Å². The van der Waals surface area contributed by atoms with Crippen LogP contribution in [0, 0.1) is 24.1 Å². The van der Waals surface area contributed by atoms with Gasteiger partial charge in [-0.3, -0.25) is 0 Å². The maximum Gasteiger partial charge on any atom is 0.357 e. The zero-order chi connectivity index (χ0) is 17.1. The Kier molecular flexibility index (Phi) is 18.5. The quantitative estimate of drug-likeness (QED) is 0.370. The SMILES string of the molecule is CC#COOC(=O)CCNC.CC#COOC(=O)CCNC. The first-order chi connectivity index (χ1) is 10.6. The summed E-state index contributed by atoms with van der Waals surface area (Å²) in [6, 6.07) is 0. The van der Waals surface area contributed by atoms with Crippen LogP contribution in [-0.2, 0) is 29.1 Å². The van der Waals surface area contributed by atoms with Crippen LogP contribution in [0.4, 0.5) is 0 Å². The smallest absolute Gasteiger partial charge is 0.319 e. The Morgan fingerprint density at radius 2 is 1.18 bits per heavy atom. The van der Waals surface area contributed by atoms with Crippen LogP contribution >= 0.6 is 0 Å². The third kappa shape index (κ3) is 19.9. The molecule has 0 aliphatic carbocycles. The molecule has 0 aliphatic heterocycles. The fourth-order valence-electron chi connectivity index (χ4n) is 0.755. The average molecular weight is 314 g/mol. The Morgan fingerprint density at radius 1 is 0.818 bits per heavy atom. The van der Waals surface area contributed by atoms with Gasteiger partial charge >= 0.3 is 11.9 Å². The summed E-state index contributed by atoms with van der Waals surface area (Å²) >= 11 is 0. The van der Waals surface area contributed by atoms with Gasteiger partial charge in [-0.05, 0) is 14.1 Å². The molecule has 0 bridgehead atoms. The molecule has 0 saturated carbocycles. The summed E-state index contributed by atoms with van der Waals surface area (Å²) < 4.78 is 0. The first kappa shape index (κ1) is 21.9. The van der Waals surface area contributed by atoms with Crippen LogP contribution in [0.25, 0.3) is 0 Å². The molecule has 0 fully saturated rings. The number of hydrogen-bond donors (Lipinski definition) is 2. The minimum Gasteiger partial charge on any atom is -0.319 e. The highest BCUT2D eigenvalue weighted by atomic mass is 17.2. The molecule has 0 radical (unpaired) electrons. The van der Waals surface area contributed by atoms with E-state index in [4.69, 9.17) is 0 Å². The lowest BCUT2D eigenvalue weighted by Gasteiger charge is -1.96. The molecule has 0 atom stereocenters. The van der Waals surface area contributed by atoms with Gasteiger partial charge in [0.25, 0.3) is 0 Å². The van der Waals surface area contributed by atoms with E-state index in [1.165, 1.54) is 0 Å². The Morgan fingerprint density at radius 3 is 1.45 bits per heavy atom. The monoisotopic (exact) mass is 314 g/mol. The molecule has 0 unspecified atom stereocenters. The van der Waals surface area contributed by atoms with E-state index in [9.17, 15) is 9.59 Å². The minimum atomic E-state index is -0.429. The van der Waals surface area contributed by atoms with E-state index in [1.807, 2.05) is 0 Å². The third-order valence-corrected chi connectivity index (χ3v) is 1.71. The molecule has 0 saturated heterocycles. The number of hydrogen-bond acceptors (Lipinski definition) is 8. The van der Waals surface area contributed by atoms with Gasteiger partial charge in [-0.25, -0.2) is 29.1 Å². The maximum absolute atomic E-state index is 10.6. The van der Waals surface area contributed by atoms with Crippen LogP contribution < -0.4 is 10.6 Å². The van der Waals surface area contributed by atoms with Gasteiger partial charge in [0.2, 0.25) is 0 Å². The third-order valence-electron chi connectivity index (χ3n) is 1.71. The molecule has 8 heteroatoms. The van der Waals surface area contributed by atoms with Crippen molar-refractivity contribution in [2.75, 3.05) is 27.2 Å². The highest BCUT2D eigenvalue weighted by Crippen LogP contribution is 1.85. The summed E-state index contributed by atoms with van der Waals surface area (Å²) in [5, 5.41) is 5.59. The Bertz CT molecular complexity index is 377. The van der Waals surface area contributed by atoms with Crippen molar-refractivity contribution < 1.29 is 29.1 Å². The number of carbonyl (C=O) groups is 2. The lowest BCUT2D eigenvalue weighted by Crippen LogP contribution is -2.14. The molecule has 2 N–H and O–H groups in total. The molecule has 0 rings (SSSR count). The summed E-state index contributed by atoms with van der Waals surface area (Å²) in [5.41, 5.74) is 0. The van der Waals surface area contributed by atoms with Crippen LogP contribution in [0.1, 0.15) is 26.7 Å². The second-order valence-corrected chi connectivity index (χ2v) is 3.49. The predicted octanol–water partition coefficient (Wildman–Crippen LogP) is 0.103. The summed E-state index contributed by atoms with van der Waals surface area (Å²) in [6.07, 6.45) is 4.84. The van der Waals surface area contributed by atoms with Crippen molar-refractivity contribution in [3.8, 4) is 24.1 Å². The largest absolute Gasteiger partial charge is 0.357 e. The zero-order valence-corrected chi connectivity index (χ0v) is 13.3. The normalized spacial score (nSPS) is 7.82. The fourth-order valence-corrected chi connectivity index (χ4v) is 0.755. The van der Waals surface area contributed by atoms with Gasteiger partial charge in [-0.15, -0.1) is 0 Å². The molecule has 0 amide bonds. The molecule has 8 nitrogen and oxygen atoms in total. The second-order valence-electron chi connectivity index (χ2n) is 3.49. The summed E-state index contributed by atoms with van der Waals surface area (Å²) in [5.74, 6) is 3.97. The van der Waals surface area contributed by atoms with Gasteiger partial charge in [-0.2, -0.15) is 0 Å². The van der Waals surface area contributed by atoms with E-state index < -0.39 is 11.9 Å². The van der Waals surface area contributed by atoms with Crippen LogP contribution in [0.5, 0.6) is 0 Å². The van der Waals surface area contributed by atoms with Crippen molar-refractivity contribution in [3.05, 3.63) is 0 Å². The van der Waals surface area contributed by atoms with E-state index in [-0.39, 0.29) is 12.8 Å². The molecular weight excluding hydrogens is 292 g/mol. The number of carbonyl (C=O) groups excluding carboxylic acids is 2. The zero-order valence-electron chi connectivity index (χ0n) is 13.3. The van der Waals surface area contributed by atoms with Gasteiger partial charge in [0.1, 0.15) is 0 Å².